The Bertz CT molecular complexity index is 654. The summed E-state index contributed by atoms with van der Waals surface area (Å²) in [4.78, 5) is 18.2. The van der Waals surface area contributed by atoms with Crippen LogP contribution in [0.4, 0.5) is 5.82 Å². The predicted octanol–water partition coefficient (Wildman–Crippen LogP) is 0.187. The summed E-state index contributed by atoms with van der Waals surface area (Å²) in [5, 5.41) is 0. The number of pyridine rings is 1. The van der Waals surface area contributed by atoms with Gasteiger partial charge in [-0.1, -0.05) is 0 Å². The van der Waals surface area contributed by atoms with Crippen LogP contribution in [0.15, 0.2) is 18.3 Å². The number of rotatable bonds is 5. The largest absolute Gasteiger partial charge is 0.462 e. The minimum atomic E-state index is -3.41. The molecule has 1 aliphatic heterocycles. The summed E-state index contributed by atoms with van der Waals surface area (Å²) in [5.74, 6) is 0.117. The first-order valence-corrected chi connectivity index (χ1v) is 8.82. The van der Waals surface area contributed by atoms with E-state index in [0.29, 0.717) is 44.2 Å². The molecule has 1 aliphatic rings. The molecule has 0 aromatic carbocycles. The van der Waals surface area contributed by atoms with Crippen molar-refractivity contribution in [1.82, 2.24) is 13.6 Å². The van der Waals surface area contributed by atoms with E-state index in [1.165, 1.54) is 22.7 Å². The van der Waals surface area contributed by atoms with Gasteiger partial charge in [-0.05, 0) is 19.1 Å². The average molecular weight is 342 g/mol. The molecule has 128 valence electrons. The fourth-order valence-electron chi connectivity index (χ4n) is 2.38. The van der Waals surface area contributed by atoms with Crippen molar-refractivity contribution in [2.24, 2.45) is 0 Å². The van der Waals surface area contributed by atoms with Crippen LogP contribution < -0.4 is 4.90 Å². The summed E-state index contributed by atoms with van der Waals surface area (Å²) >= 11 is 0. The Morgan fingerprint density at radius 2 is 1.96 bits per heavy atom. The van der Waals surface area contributed by atoms with Gasteiger partial charge in [0, 0.05) is 46.5 Å². The quantitative estimate of drug-likeness (QED) is 0.710. The van der Waals surface area contributed by atoms with Crippen LogP contribution in [-0.2, 0) is 14.9 Å². The first kappa shape index (κ1) is 17.6. The van der Waals surface area contributed by atoms with Gasteiger partial charge in [0.05, 0.1) is 6.61 Å². The van der Waals surface area contributed by atoms with Crippen LogP contribution in [0.5, 0.6) is 0 Å². The lowest BCUT2D eigenvalue weighted by molar-refractivity contribution is 0.0526. The summed E-state index contributed by atoms with van der Waals surface area (Å²) in [6, 6.07) is 3.35. The highest BCUT2D eigenvalue weighted by molar-refractivity contribution is 7.86. The molecular formula is C14H22N4O4S. The number of nitrogens with zero attached hydrogens (tertiary/aromatic N) is 4. The van der Waals surface area contributed by atoms with Gasteiger partial charge in [-0.3, -0.25) is 0 Å². The lowest BCUT2D eigenvalue weighted by Crippen LogP contribution is -2.52. The van der Waals surface area contributed by atoms with Gasteiger partial charge in [-0.15, -0.1) is 0 Å². The van der Waals surface area contributed by atoms with Gasteiger partial charge in [0.15, 0.2) is 0 Å². The van der Waals surface area contributed by atoms with E-state index in [9.17, 15) is 13.2 Å². The standard InChI is InChI=1S/C14H22N4O4S/c1-4-22-14(19)12-6-5-7-15-13(12)17-8-10-18(11-9-17)23(20,21)16(2)3/h5-7H,4,8-11H2,1-3H3. The number of carbonyl (C=O) groups is 1. The van der Waals surface area contributed by atoms with Crippen LogP contribution in [0.2, 0.25) is 0 Å². The molecule has 0 amide bonds. The molecule has 0 unspecified atom stereocenters. The van der Waals surface area contributed by atoms with Gasteiger partial charge in [0.2, 0.25) is 0 Å². The van der Waals surface area contributed by atoms with E-state index in [-0.39, 0.29) is 0 Å². The second kappa shape index (κ2) is 7.24. The number of hydrogen-bond donors (Lipinski definition) is 0. The van der Waals surface area contributed by atoms with Gasteiger partial charge < -0.3 is 9.64 Å². The second-order valence-corrected chi connectivity index (χ2v) is 7.41. The molecule has 0 saturated carbocycles. The Morgan fingerprint density at radius 1 is 1.30 bits per heavy atom. The van der Waals surface area contributed by atoms with Gasteiger partial charge in [-0.2, -0.15) is 17.0 Å². The minimum absolute atomic E-state index is 0.294. The summed E-state index contributed by atoms with van der Waals surface area (Å²) in [5.41, 5.74) is 0.401. The fourth-order valence-corrected chi connectivity index (χ4v) is 3.47. The molecule has 0 spiro atoms. The van der Waals surface area contributed by atoms with E-state index in [0.717, 1.165) is 0 Å². The Hall–Kier alpha value is -1.71. The highest BCUT2D eigenvalue weighted by Crippen LogP contribution is 2.21. The number of piperazine rings is 1. The summed E-state index contributed by atoms with van der Waals surface area (Å²) < 4.78 is 31.9. The van der Waals surface area contributed by atoms with Crippen LogP contribution in [-0.4, -0.2) is 74.9 Å². The zero-order valence-corrected chi connectivity index (χ0v) is 14.4. The lowest BCUT2D eigenvalue weighted by atomic mass is 10.2. The van der Waals surface area contributed by atoms with Crippen molar-refractivity contribution in [3.05, 3.63) is 23.9 Å². The normalized spacial score (nSPS) is 16.6. The Labute approximate surface area is 136 Å². The van der Waals surface area contributed by atoms with Crippen molar-refractivity contribution >= 4 is 22.0 Å². The molecule has 2 heterocycles. The zero-order chi connectivity index (χ0) is 17.0. The molecule has 0 radical (unpaired) electrons. The summed E-state index contributed by atoms with van der Waals surface area (Å²) in [6.07, 6.45) is 1.61. The smallest absolute Gasteiger partial charge is 0.341 e. The first-order chi connectivity index (χ1) is 10.9. The molecule has 1 aromatic heterocycles. The average Bonchev–Trinajstić information content (AvgIpc) is 2.55. The number of anilines is 1. The molecule has 1 saturated heterocycles. The molecule has 1 fully saturated rings. The molecule has 1 aromatic rings. The number of ether oxygens (including phenoxy) is 1. The molecule has 8 nitrogen and oxygen atoms in total. The molecule has 9 heteroatoms. The molecular weight excluding hydrogens is 320 g/mol. The molecule has 23 heavy (non-hydrogen) atoms. The fraction of sp³-hybridized carbons (Fsp3) is 0.571. The van der Waals surface area contributed by atoms with E-state index < -0.39 is 16.2 Å². The summed E-state index contributed by atoms with van der Waals surface area (Å²) in [7, 11) is -0.386. The summed E-state index contributed by atoms with van der Waals surface area (Å²) in [6.45, 7) is 3.67. The van der Waals surface area contributed by atoms with Gasteiger partial charge in [-0.25, -0.2) is 9.78 Å². The lowest BCUT2D eigenvalue weighted by Gasteiger charge is -2.36. The molecule has 0 atom stereocenters. The minimum Gasteiger partial charge on any atom is -0.462 e. The zero-order valence-electron chi connectivity index (χ0n) is 13.6. The monoisotopic (exact) mass is 342 g/mol. The van der Waals surface area contributed by atoms with Crippen molar-refractivity contribution < 1.29 is 17.9 Å². The topological polar surface area (TPSA) is 83.0 Å². The predicted molar refractivity (Wildman–Crippen MR) is 86.6 cm³/mol. The third-order valence-electron chi connectivity index (χ3n) is 3.61. The van der Waals surface area contributed by atoms with Crippen molar-refractivity contribution in [2.45, 2.75) is 6.92 Å². The molecule has 0 aliphatic carbocycles. The molecule has 0 bridgehead atoms. The SMILES string of the molecule is CCOC(=O)c1cccnc1N1CCN(S(=O)(=O)N(C)C)CC1. The Kier molecular flexibility index (Phi) is 5.55. The third kappa shape index (κ3) is 3.80. The van der Waals surface area contributed by atoms with Crippen molar-refractivity contribution in [2.75, 3.05) is 51.8 Å². The van der Waals surface area contributed by atoms with Crippen LogP contribution in [0.1, 0.15) is 17.3 Å². The maximum absolute atomic E-state index is 12.1. The van der Waals surface area contributed by atoms with Crippen LogP contribution in [0, 0.1) is 0 Å². The second-order valence-electron chi connectivity index (χ2n) is 5.27. The van der Waals surface area contributed by atoms with Crippen LogP contribution in [0.3, 0.4) is 0 Å². The van der Waals surface area contributed by atoms with E-state index in [1.54, 1.807) is 25.3 Å². The van der Waals surface area contributed by atoms with E-state index >= 15 is 0 Å². The molecule has 0 N–H and O–H groups in total. The van der Waals surface area contributed by atoms with Gasteiger partial charge in [0.1, 0.15) is 11.4 Å². The highest BCUT2D eigenvalue weighted by atomic mass is 32.2. The highest BCUT2D eigenvalue weighted by Gasteiger charge is 2.30. The first-order valence-electron chi connectivity index (χ1n) is 7.42. The van der Waals surface area contributed by atoms with Crippen molar-refractivity contribution in [3.63, 3.8) is 0 Å². The number of hydrogen-bond acceptors (Lipinski definition) is 6. The van der Waals surface area contributed by atoms with Crippen LogP contribution >= 0.6 is 0 Å². The molecule has 2 rings (SSSR count). The van der Waals surface area contributed by atoms with Gasteiger partial charge >= 0.3 is 5.97 Å². The van der Waals surface area contributed by atoms with E-state index in [2.05, 4.69) is 4.98 Å². The van der Waals surface area contributed by atoms with E-state index in [1.807, 2.05) is 4.90 Å². The number of esters is 1. The number of carbonyl (C=O) groups excluding carboxylic acids is 1. The van der Waals surface area contributed by atoms with E-state index in [4.69, 9.17) is 4.74 Å². The maximum Gasteiger partial charge on any atom is 0.341 e. The Morgan fingerprint density at radius 3 is 2.52 bits per heavy atom. The van der Waals surface area contributed by atoms with Crippen molar-refractivity contribution in [1.29, 1.82) is 0 Å². The Balaban J connectivity index is 2.14. The van der Waals surface area contributed by atoms with Crippen LogP contribution in [0.25, 0.3) is 0 Å². The third-order valence-corrected chi connectivity index (χ3v) is 5.55. The number of aromatic nitrogens is 1. The maximum atomic E-state index is 12.1. The van der Waals surface area contributed by atoms with Gasteiger partial charge in [0.25, 0.3) is 10.2 Å². The van der Waals surface area contributed by atoms with Crippen molar-refractivity contribution in [3.8, 4) is 0 Å².